The molecule has 0 unspecified atom stereocenters. The van der Waals surface area contributed by atoms with Crippen molar-refractivity contribution in [1.29, 1.82) is 0 Å². The number of aromatic nitrogens is 2. The molecule has 2 atom stereocenters. The summed E-state index contributed by atoms with van der Waals surface area (Å²) >= 11 is 0. The summed E-state index contributed by atoms with van der Waals surface area (Å²) in [6.45, 7) is 0.602. The van der Waals surface area contributed by atoms with Gasteiger partial charge in [0.1, 0.15) is 11.9 Å². The zero-order chi connectivity index (χ0) is 15.5. The quantitative estimate of drug-likeness (QED) is 0.936. The molecule has 1 aromatic carbocycles. The Kier molecular flexibility index (Phi) is 4.20. The molecule has 1 amide bonds. The van der Waals surface area contributed by atoms with Gasteiger partial charge in [0.25, 0.3) is 0 Å². The highest BCUT2D eigenvalue weighted by Crippen LogP contribution is 2.28. The normalized spacial score (nSPS) is 21.0. The first-order chi connectivity index (χ1) is 10.6. The summed E-state index contributed by atoms with van der Waals surface area (Å²) in [5.74, 6) is -0.460. The van der Waals surface area contributed by atoms with Crippen LogP contribution in [0.25, 0.3) is 0 Å². The van der Waals surface area contributed by atoms with E-state index >= 15 is 0 Å². The van der Waals surface area contributed by atoms with E-state index in [1.54, 1.807) is 23.0 Å². The highest BCUT2D eigenvalue weighted by atomic mass is 19.1. The van der Waals surface area contributed by atoms with Gasteiger partial charge in [-0.15, -0.1) is 0 Å². The number of carbonyl (C=O) groups excluding carboxylic acids is 1. The minimum Gasteiger partial charge on any atom is -0.371 e. The van der Waals surface area contributed by atoms with Crippen molar-refractivity contribution >= 4 is 5.91 Å². The van der Waals surface area contributed by atoms with Gasteiger partial charge in [-0.05, 0) is 24.1 Å². The Morgan fingerprint density at radius 3 is 3.14 bits per heavy atom. The van der Waals surface area contributed by atoms with Crippen LogP contribution in [0.3, 0.4) is 0 Å². The molecule has 1 aliphatic rings. The molecule has 6 heteroatoms. The Labute approximate surface area is 128 Å². The van der Waals surface area contributed by atoms with Crippen LogP contribution in [-0.2, 0) is 23.0 Å². The number of benzene rings is 1. The third-order valence-electron chi connectivity index (χ3n) is 3.75. The fourth-order valence-electron chi connectivity index (χ4n) is 2.74. The number of aryl methyl sites for hydroxylation is 1. The SMILES string of the molecule is Cn1cc([C@H]2OCC[C@@H]2NC(=O)Cc2cccc(F)c2)cn1. The molecule has 116 valence electrons. The molecular formula is C16H18FN3O2. The summed E-state index contributed by atoms with van der Waals surface area (Å²) in [6, 6.07) is 6.01. The molecule has 0 saturated carbocycles. The van der Waals surface area contributed by atoms with Crippen molar-refractivity contribution in [2.75, 3.05) is 6.61 Å². The van der Waals surface area contributed by atoms with E-state index in [1.807, 2.05) is 13.2 Å². The maximum atomic E-state index is 13.1. The van der Waals surface area contributed by atoms with E-state index < -0.39 is 0 Å². The van der Waals surface area contributed by atoms with Gasteiger partial charge < -0.3 is 10.1 Å². The van der Waals surface area contributed by atoms with Crippen molar-refractivity contribution in [2.24, 2.45) is 7.05 Å². The molecule has 1 aromatic heterocycles. The first-order valence-corrected chi connectivity index (χ1v) is 7.26. The van der Waals surface area contributed by atoms with Crippen molar-refractivity contribution in [1.82, 2.24) is 15.1 Å². The first kappa shape index (κ1) is 14.7. The number of hydrogen-bond acceptors (Lipinski definition) is 3. The number of amides is 1. The van der Waals surface area contributed by atoms with E-state index in [2.05, 4.69) is 10.4 Å². The molecule has 0 bridgehead atoms. The number of halogens is 1. The molecule has 1 aliphatic heterocycles. The highest BCUT2D eigenvalue weighted by Gasteiger charge is 2.31. The highest BCUT2D eigenvalue weighted by molar-refractivity contribution is 5.79. The van der Waals surface area contributed by atoms with E-state index in [-0.39, 0.29) is 30.3 Å². The minimum absolute atomic E-state index is 0.0785. The van der Waals surface area contributed by atoms with Gasteiger partial charge in [0.15, 0.2) is 0 Å². The number of nitrogens with one attached hydrogen (secondary N) is 1. The van der Waals surface area contributed by atoms with Crippen LogP contribution in [0, 0.1) is 5.82 Å². The largest absolute Gasteiger partial charge is 0.371 e. The molecule has 3 rings (SSSR count). The molecule has 1 N–H and O–H groups in total. The summed E-state index contributed by atoms with van der Waals surface area (Å²) < 4.78 is 20.6. The minimum atomic E-state index is -0.331. The van der Waals surface area contributed by atoms with E-state index in [9.17, 15) is 9.18 Å². The molecule has 1 fully saturated rings. The lowest BCUT2D eigenvalue weighted by Crippen LogP contribution is -2.37. The molecule has 2 heterocycles. The monoisotopic (exact) mass is 303 g/mol. The van der Waals surface area contributed by atoms with Crippen molar-refractivity contribution in [3.05, 3.63) is 53.6 Å². The fraction of sp³-hybridized carbons (Fsp3) is 0.375. The van der Waals surface area contributed by atoms with Crippen LogP contribution in [0.4, 0.5) is 4.39 Å². The molecular weight excluding hydrogens is 285 g/mol. The Balaban J connectivity index is 1.63. The number of nitrogens with zero attached hydrogens (tertiary/aromatic N) is 2. The number of carbonyl (C=O) groups is 1. The van der Waals surface area contributed by atoms with Crippen molar-refractivity contribution in [3.63, 3.8) is 0 Å². The zero-order valence-electron chi connectivity index (χ0n) is 12.3. The van der Waals surface area contributed by atoms with Gasteiger partial charge in [-0.3, -0.25) is 9.48 Å². The van der Waals surface area contributed by atoms with Crippen LogP contribution >= 0.6 is 0 Å². The van der Waals surface area contributed by atoms with Crippen molar-refractivity contribution < 1.29 is 13.9 Å². The van der Waals surface area contributed by atoms with Gasteiger partial charge in [-0.1, -0.05) is 12.1 Å². The molecule has 0 spiro atoms. The summed E-state index contributed by atoms with van der Waals surface area (Å²) in [7, 11) is 1.84. The Bertz CT molecular complexity index is 671. The maximum absolute atomic E-state index is 13.1. The van der Waals surface area contributed by atoms with Crippen molar-refractivity contribution in [2.45, 2.75) is 25.0 Å². The van der Waals surface area contributed by atoms with Crippen LogP contribution in [0.2, 0.25) is 0 Å². The predicted octanol–water partition coefficient (Wildman–Crippen LogP) is 1.75. The summed E-state index contributed by atoms with van der Waals surface area (Å²) in [5, 5.41) is 7.12. The van der Waals surface area contributed by atoms with Crippen LogP contribution in [-0.4, -0.2) is 28.3 Å². The predicted molar refractivity (Wildman–Crippen MR) is 78.6 cm³/mol. The average molecular weight is 303 g/mol. The van der Waals surface area contributed by atoms with Crippen LogP contribution in [0.5, 0.6) is 0 Å². The van der Waals surface area contributed by atoms with E-state index in [0.717, 1.165) is 12.0 Å². The van der Waals surface area contributed by atoms with Crippen LogP contribution in [0.1, 0.15) is 23.7 Å². The van der Waals surface area contributed by atoms with Gasteiger partial charge in [-0.2, -0.15) is 5.10 Å². The third-order valence-corrected chi connectivity index (χ3v) is 3.75. The van der Waals surface area contributed by atoms with Crippen molar-refractivity contribution in [3.8, 4) is 0 Å². The average Bonchev–Trinajstić information content (AvgIpc) is 3.07. The maximum Gasteiger partial charge on any atom is 0.224 e. The van der Waals surface area contributed by atoms with Crippen LogP contribution < -0.4 is 5.32 Å². The lowest BCUT2D eigenvalue weighted by Gasteiger charge is -2.18. The summed E-state index contributed by atoms with van der Waals surface area (Å²) in [5.41, 5.74) is 1.62. The molecule has 0 aliphatic carbocycles. The zero-order valence-corrected chi connectivity index (χ0v) is 12.3. The molecule has 5 nitrogen and oxygen atoms in total. The second kappa shape index (κ2) is 6.27. The number of rotatable bonds is 4. The number of hydrogen-bond donors (Lipinski definition) is 1. The second-order valence-corrected chi connectivity index (χ2v) is 5.51. The summed E-state index contributed by atoms with van der Waals surface area (Å²) in [4.78, 5) is 12.2. The fourth-order valence-corrected chi connectivity index (χ4v) is 2.74. The van der Waals surface area contributed by atoms with E-state index in [4.69, 9.17) is 4.74 Å². The van der Waals surface area contributed by atoms with Crippen LogP contribution in [0.15, 0.2) is 36.7 Å². The second-order valence-electron chi connectivity index (χ2n) is 5.51. The number of ether oxygens (including phenoxy) is 1. The van der Waals surface area contributed by atoms with Gasteiger partial charge in [0, 0.05) is 25.4 Å². The van der Waals surface area contributed by atoms with Gasteiger partial charge in [0.05, 0.1) is 18.7 Å². The molecule has 0 radical (unpaired) electrons. The molecule has 1 saturated heterocycles. The van der Waals surface area contributed by atoms with Gasteiger partial charge >= 0.3 is 0 Å². The lowest BCUT2D eigenvalue weighted by atomic mass is 10.0. The van der Waals surface area contributed by atoms with Gasteiger partial charge in [0.2, 0.25) is 5.91 Å². The lowest BCUT2D eigenvalue weighted by molar-refractivity contribution is -0.121. The van der Waals surface area contributed by atoms with E-state index in [1.165, 1.54) is 12.1 Å². The summed E-state index contributed by atoms with van der Waals surface area (Å²) in [6.07, 6.45) is 4.39. The van der Waals surface area contributed by atoms with E-state index in [0.29, 0.717) is 12.2 Å². The standard InChI is InChI=1S/C16H18FN3O2/c1-20-10-12(9-18-20)16-14(5-6-22-16)19-15(21)8-11-3-2-4-13(17)7-11/h2-4,7,9-10,14,16H,5-6,8H2,1H3,(H,19,21)/t14-,16+/m0/s1. The molecule has 2 aromatic rings. The third kappa shape index (κ3) is 3.33. The Morgan fingerprint density at radius 2 is 2.41 bits per heavy atom. The first-order valence-electron chi connectivity index (χ1n) is 7.26. The topological polar surface area (TPSA) is 56.1 Å². The molecule has 22 heavy (non-hydrogen) atoms. The van der Waals surface area contributed by atoms with Gasteiger partial charge in [-0.25, -0.2) is 4.39 Å². The Hall–Kier alpha value is -2.21. The smallest absolute Gasteiger partial charge is 0.224 e. The Morgan fingerprint density at radius 1 is 1.55 bits per heavy atom.